The van der Waals surface area contributed by atoms with Gasteiger partial charge in [-0.3, -0.25) is 15.1 Å². The van der Waals surface area contributed by atoms with Crippen LogP contribution in [0.2, 0.25) is 0 Å². The second-order valence-corrected chi connectivity index (χ2v) is 5.38. The number of nitro benzene ring substituents is 1. The van der Waals surface area contributed by atoms with Gasteiger partial charge in [0.2, 0.25) is 0 Å². The van der Waals surface area contributed by atoms with E-state index in [1.165, 1.54) is 24.4 Å². The van der Waals surface area contributed by atoms with Crippen LogP contribution in [0.1, 0.15) is 17.2 Å². The first-order valence-corrected chi connectivity index (χ1v) is 7.17. The number of benzene rings is 2. The Morgan fingerprint density at radius 3 is 2.57 bits per heavy atom. The van der Waals surface area contributed by atoms with Gasteiger partial charge in [0.15, 0.2) is 0 Å². The lowest BCUT2D eigenvalue weighted by Gasteiger charge is -2.22. The molecule has 2 aromatic carbocycles. The molecule has 120 valence electrons. The van der Waals surface area contributed by atoms with E-state index in [9.17, 15) is 15.2 Å². The number of aromatic hydroxyl groups is 1. The molecule has 0 aromatic heterocycles. The molecule has 2 aromatic rings. The van der Waals surface area contributed by atoms with Crippen LogP contribution >= 0.6 is 0 Å². The maximum Gasteiger partial charge on any atom is 0.270 e. The Morgan fingerprint density at radius 1 is 1.26 bits per heavy atom. The molecule has 1 N–H and O–H groups in total. The number of rotatable bonds is 6. The zero-order valence-electron chi connectivity index (χ0n) is 13.1. The number of aliphatic imine (C=N–C) groups is 1. The quantitative estimate of drug-likeness (QED) is 0.505. The first-order valence-electron chi connectivity index (χ1n) is 7.17. The van der Waals surface area contributed by atoms with Gasteiger partial charge in [-0.25, -0.2) is 0 Å². The minimum absolute atomic E-state index is 0.0273. The summed E-state index contributed by atoms with van der Waals surface area (Å²) in [5, 5.41) is 20.6. The highest BCUT2D eigenvalue weighted by molar-refractivity contribution is 5.84. The molecule has 6 heteroatoms. The number of hydrogen-bond acceptors (Lipinski definition) is 5. The van der Waals surface area contributed by atoms with Gasteiger partial charge in [-0.2, -0.15) is 0 Å². The molecule has 1 atom stereocenters. The number of likely N-dealkylation sites (N-methyl/N-ethyl adjacent to an activating group) is 1. The Bertz CT molecular complexity index is 699. The number of nitro groups is 1. The zero-order valence-corrected chi connectivity index (χ0v) is 13.1. The summed E-state index contributed by atoms with van der Waals surface area (Å²) < 4.78 is 0. The molecule has 0 amide bonds. The second-order valence-electron chi connectivity index (χ2n) is 5.38. The van der Waals surface area contributed by atoms with Gasteiger partial charge in [0, 0.05) is 23.9 Å². The first kappa shape index (κ1) is 16.6. The number of hydrogen-bond donors (Lipinski definition) is 1. The molecule has 0 saturated carbocycles. The van der Waals surface area contributed by atoms with Gasteiger partial charge in [-0.15, -0.1) is 0 Å². The minimum Gasteiger partial charge on any atom is -0.507 e. The maximum atomic E-state index is 10.8. The molecule has 23 heavy (non-hydrogen) atoms. The predicted octanol–water partition coefficient (Wildman–Crippen LogP) is 3.02. The third kappa shape index (κ3) is 4.37. The molecule has 0 bridgehead atoms. The molecule has 0 unspecified atom stereocenters. The smallest absolute Gasteiger partial charge is 0.270 e. The van der Waals surface area contributed by atoms with Gasteiger partial charge >= 0.3 is 0 Å². The fraction of sp³-hybridized carbons (Fsp3) is 0.235. The fourth-order valence-electron chi connectivity index (χ4n) is 2.25. The summed E-state index contributed by atoms with van der Waals surface area (Å²) in [6.07, 6.45) is 1.47. The summed E-state index contributed by atoms with van der Waals surface area (Å²) in [5.41, 5.74) is 1.40. The largest absolute Gasteiger partial charge is 0.507 e. The monoisotopic (exact) mass is 313 g/mol. The van der Waals surface area contributed by atoms with Crippen LogP contribution in [-0.2, 0) is 0 Å². The average Bonchev–Trinajstić information content (AvgIpc) is 2.53. The van der Waals surface area contributed by atoms with E-state index >= 15 is 0 Å². The van der Waals surface area contributed by atoms with Crippen molar-refractivity contribution in [1.29, 1.82) is 0 Å². The Morgan fingerprint density at radius 2 is 1.96 bits per heavy atom. The summed E-state index contributed by atoms with van der Waals surface area (Å²) in [7, 11) is 3.94. The van der Waals surface area contributed by atoms with Crippen molar-refractivity contribution < 1.29 is 10.0 Å². The van der Waals surface area contributed by atoms with E-state index in [1.807, 2.05) is 44.4 Å². The summed E-state index contributed by atoms with van der Waals surface area (Å²) in [6, 6.07) is 13.9. The van der Waals surface area contributed by atoms with Crippen LogP contribution in [0.5, 0.6) is 5.75 Å². The molecule has 6 nitrogen and oxygen atoms in total. The number of phenols is 1. The lowest BCUT2D eigenvalue weighted by atomic mass is 10.1. The van der Waals surface area contributed by atoms with Crippen molar-refractivity contribution in [2.45, 2.75) is 6.04 Å². The molecule has 0 aliphatic carbocycles. The van der Waals surface area contributed by atoms with Crippen molar-refractivity contribution in [3.8, 4) is 5.75 Å². The highest BCUT2D eigenvalue weighted by Crippen LogP contribution is 2.22. The van der Waals surface area contributed by atoms with Crippen LogP contribution in [0, 0.1) is 10.1 Å². The molecule has 0 spiro atoms. The second kappa shape index (κ2) is 7.51. The van der Waals surface area contributed by atoms with Gasteiger partial charge < -0.3 is 10.0 Å². The van der Waals surface area contributed by atoms with Gasteiger partial charge in [-0.05, 0) is 25.7 Å². The molecule has 0 fully saturated rings. The average molecular weight is 313 g/mol. The van der Waals surface area contributed by atoms with E-state index in [0.717, 1.165) is 5.56 Å². The Labute approximate surface area is 134 Å². The Balaban J connectivity index is 2.16. The number of non-ortho nitro benzene ring substituents is 1. The summed E-state index contributed by atoms with van der Waals surface area (Å²) in [5.74, 6) is -0.0273. The SMILES string of the molecule is CN(C)[C@@H](CN=Cc1cc([N+](=O)[O-])ccc1O)c1ccccc1. The van der Waals surface area contributed by atoms with Crippen molar-refractivity contribution >= 4 is 11.9 Å². The van der Waals surface area contributed by atoms with Gasteiger partial charge in [0.05, 0.1) is 17.5 Å². The maximum absolute atomic E-state index is 10.8. The third-order valence-corrected chi connectivity index (χ3v) is 3.54. The first-order chi connectivity index (χ1) is 11.0. The number of nitrogens with zero attached hydrogens (tertiary/aromatic N) is 3. The van der Waals surface area contributed by atoms with Crippen molar-refractivity contribution in [2.75, 3.05) is 20.6 Å². The van der Waals surface area contributed by atoms with Gasteiger partial charge in [0.25, 0.3) is 5.69 Å². The highest BCUT2D eigenvalue weighted by Gasteiger charge is 2.13. The standard InChI is InChI=1S/C17H19N3O3/c1-19(2)16(13-6-4-3-5-7-13)12-18-11-14-10-15(20(22)23)8-9-17(14)21/h3-11,16,21H,12H2,1-2H3/t16-/m0/s1. The fourth-order valence-corrected chi connectivity index (χ4v) is 2.25. The summed E-state index contributed by atoms with van der Waals surface area (Å²) >= 11 is 0. The lowest BCUT2D eigenvalue weighted by molar-refractivity contribution is -0.384. The molecule has 0 saturated heterocycles. The van der Waals surface area contributed by atoms with Crippen LogP contribution in [-0.4, -0.2) is 41.8 Å². The van der Waals surface area contributed by atoms with Crippen LogP contribution in [0.4, 0.5) is 5.69 Å². The zero-order chi connectivity index (χ0) is 16.8. The van der Waals surface area contributed by atoms with Gasteiger partial charge in [-0.1, -0.05) is 30.3 Å². The van der Waals surface area contributed by atoms with E-state index in [4.69, 9.17) is 0 Å². The van der Waals surface area contributed by atoms with E-state index in [1.54, 1.807) is 0 Å². The van der Waals surface area contributed by atoms with E-state index in [0.29, 0.717) is 12.1 Å². The predicted molar refractivity (Wildman–Crippen MR) is 90.1 cm³/mol. The van der Waals surface area contributed by atoms with Gasteiger partial charge in [0.1, 0.15) is 5.75 Å². The molecular formula is C17H19N3O3. The summed E-state index contributed by atoms with van der Waals surface area (Å²) in [4.78, 5) is 16.7. The Kier molecular flexibility index (Phi) is 5.43. The molecule has 0 aliphatic heterocycles. The topological polar surface area (TPSA) is 79.0 Å². The lowest BCUT2D eigenvalue weighted by Crippen LogP contribution is -2.22. The third-order valence-electron chi connectivity index (χ3n) is 3.54. The minimum atomic E-state index is -0.497. The van der Waals surface area contributed by atoms with Crippen LogP contribution < -0.4 is 0 Å². The van der Waals surface area contributed by atoms with Crippen molar-refractivity contribution in [1.82, 2.24) is 4.90 Å². The van der Waals surface area contributed by atoms with Crippen LogP contribution in [0.3, 0.4) is 0 Å². The van der Waals surface area contributed by atoms with E-state index in [2.05, 4.69) is 9.89 Å². The van der Waals surface area contributed by atoms with E-state index < -0.39 is 4.92 Å². The highest BCUT2D eigenvalue weighted by atomic mass is 16.6. The molecule has 0 radical (unpaired) electrons. The van der Waals surface area contributed by atoms with Crippen molar-refractivity contribution in [3.63, 3.8) is 0 Å². The molecule has 2 rings (SSSR count). The number of phenolic OH excluding ortho intramolecular Hbond substituents is 1. The Hall–Kier alpha value is -2.73. The van der Waals surface area contributed by atoms with Crippen LogP contribution in [0.15, 0.2) is 53.5 Å². The van der Waals surface area contributed by atoms with E-state index in [-0.39, 0.29) is 17.5 Å². The summed E-state index contributed by atoms with van der Waals surface area (Å²) in [6.45, 7) is 0.485. The molecule has 0 heterocycles. The van der Waals surface area contributed by atoms with Crippen molar-refractivity contribution in [3.05, 3.63) is 69.8 Å². The van der Waals surface area contributed by atoms with Crippen molar-refractivity contribution in [2.24, 2.45) is 4.99 Å². The molecule has 0 aliphatic rings. The molecular weight excluding hydrogens is 294 g/mol. The normalized spacial score (nSPS) is 12.7. The van der Waals surface area contributed by atoms with Crippen LogP contribution in [0.25, 0.3) is 0 Å².